The van der Waals surface area contributed by atoms with E-state index in [1.807, 2.05) is 50.2 Å². The Balaban J connectivity index is 0.00000261. The van der Waals surface area contributed by atoms with Crippen molar-refractivity contribution in [3.63, 3.8) is 0 Å². The molecule has 3 aromatic rings. The quantitative estimate of drug-likeness (QED) is 0.610. The fourth-order valence-electron chi connectivity index (χ4n) is 2.80. The second-order valence-electron chi connectivity index (χ2n) is 7.03. The molecule has 0 N–H and O–H groups in total. The topological polar surface area (TPSA) is 36.4 Å². The van der Waals surface area contributed by atoms with Crippen LogP contribution in [0.4, 0.5) is 5.13 Å². The lowest BCUT2D eigenvalue weighted by Gasteiger charge is -2.22. The largest absolute Gasteiger partial charge is 0.308 e. The molecule has 1 heterocycles. The summed E-state index contributed by atoms with van der Waals surface area (Å²) in [4.78, 5) is 21.9. The van der Waals surface area contributed by atoms with Crippen molar-refractivity contribution in [1.29, 1.82) is 0 Å². The fraction of sp³-hybridized carbons (Fsp3) is 0.333. The smallest absolute Gasteiger partial charge is 0.260 e. The average molecular weight is 404 g/mol. The normalized spacial score (nSPS) is 10.9. The van der Waals surface area contributed by atoms with E-state index >= 15 is 0 Å². The molecular formula is C21H26ClN3OS. The van der Waals surface area contributed by atoms with Crippen LogP contribution in [-0.2, 0) is 0 Å². The highest BCUT2D eigenvalue weighted by Crippen LogP contribution is 2.31. The van der Waals surface area contributed by atoms with E-state index in [2.05, 4.69) is 30.9 Å². The summed E-state index contributed by atoms with van der Waals surface area (Å²) in [5.74, 6) is 0.00282. The summed E-state index contributed by atoms with van der Waals surface area (Å²) >= 11 is 1.58. The zero-order valence-corrected chi connectivity index (χ0v) is 18.1. The van der Waals surface area contributed by atoms with Gasteiger partial charge in [0.25, 0.3) is 5.91 Å². The number of benzene rings is 2. The van der Waals surface area contributed by atoms with E-state index in [-0.39, 0.29) is 18.3 Å². The highest BCUT2D eigenvalue weighted by atomic mass is 35.5. The van der Waals surface area contributed by atoms with E-state index in [1.165, 1.54) is 11.1 Å². The zero-order valence-electron chi connectivity index (χ0n) is 16.4. The summed E-state index contributed by atoms with van der Waals surface area (Å²) in [6.45, 7) is 7.60. The average Bonchev–Trinajstić information content (AvgIpc) is 2.97. The lowest BCUT2D eigenvalue weighted by Crippen LogP contribution is -2.36. The molecule has 0 fully saturated rings. The first kappa shape index (κ1) is 21.4. The van der Waals surface area contributed by atoms with Crippen LogP contribution in [0.3, 0.4) is 0 Å². The lowest BCUT2D eigenvalue weighted by atomic mass is 10.1. The summed E-state index contributed by atoms with van der Waals surface area (Å²) in [7, 11) is 4.03. The number of aromatic nitrogens is 1. The van der Waals surface area contributed by atoms with Crippen LogP contribution in [0.5, 0.6) is 0 Å². The second kappa shape index (κ2) is 8.83. The number of amides is 1. The minimum Gasteiger partial charge on any atom is -0.308 e. The Kier molecular flexibility index (Phi) is 6.98. The number of thiazole rings is 1. The number of carbonyl (C=O) groups is 1. The van der Waals surface area contributed by atoms with Crippen LogP contribution in [0, 0.1) is 20.8 Å². The van der Waals surface area contributed by atoms with Gasteiger partial charge in [-0.15, -0.1) is 12.4 Å². The molecule has 2 aromatic carbocycles. The Hall–Kier alpha value is -1.95. The molecule has 1 amide bonds. The maximum atomic E-state index is 13.2. The first-order valence-corrected chi connectivity index (χ1v) is 9.58. The molecule has 0 unspecified atom stereocenters. The zero-order chi connectivity index (χ0) is 18.8. The molecule has 1 aromatic heterocycles. The van der Waals surface area contributed by atoms with Crippen LogP contribution in [0.15, 0.2) is 36.4 Å². The molecule has 0 saturated heterocycles. The van der Waals surface area contributed by atoms with Crippen molar-refractivity contribution in [2.45, 2.75) is 20.8 Å². The molecule has 4 nitrogen and oxygen atoms in total. The molecule has 0 saturated carbocycles. The van der Waals surface area contributed by atoms with Crippen molar-refractivity contribution in [2.24, 2.45) is 0 Å². The Morgan fingerprint density at radius 2 is 1.74 bits per heavy atom. The third kappa shape index (κ3) is 4.86. The molecule has 6 heteroatoms. The number of nitrogens with zero attached hydrogens (tertiary/aromatic N) is 3. The van der Waals surface area contributed by atoms with Gasteiger partial charge in [-0.2, -0.15) is 0 Å². The minimum absolute atomic E-state index is 0. The fourth-order valence-corrected chi connectivity index (χ4v) is 3.87. The highest BCUT2D eigenvalue weighted by Gasteiger charge is 2.21. The summed E-state index contributed by atoms with van der Waals surface area (Å²) in [5.41, 5.74) is 5.21. The molecule has 27 heavy (non-hydrogen) atoms. The van der Waals surface area contributed by atoms with Crippen LogP contribution in [-0.4, -0.2) is 43.0 Å². The molecule has 0 aliphatic rings. The van der Waals surface area contributed by atoms with E-state index in [4.69, 9.17) is 4.98 Å². The number of carbonyl (C=O) groups excluding carboxylic acids is 1. The Morgan fingerprint density at radius 3 is 2.41 bits per heavy atom. The minimum atomic E-state index is 0. The van der Waals surface area contributed by atoms with Crippen molar-refractivity contribution >= 4 is 45.0 Å². The first-order valence-electron chi connectivity index (χ1n) is 8.76. The highest BCUT2D eigenvalue weighted by molar-refractivity contribution is 7.22. The van der Waals surface area contributed by atoms with Gasteiger partial charge in [-0.3, -0.25) is 9.69 Å². The van der Waals surface area contributed by atoms with Gasteiger partial charge in [0, 0.05) is 18.7 Å². The molecule has 3 rings (SSSR count). The summed E-state index contributed by atoms with van der Waals surface area (Å²) in [5, 5.41) is 0.762. The molecule has 0 bridgehead atoms. The molecule has 0 aliphatic carbocycles. The summed E-state index contributed by atoms with van der Waals surface area (Å²) in [6.07, 6.45) is 0. The van der Waals surface area contributed by atoms with Crippen LogP contribution in [0.25, 0.3) is 10.2 Å². The van der Waals surface area contributed by atoms with E-state index in [0.29, 0.717) is 12.1 Å². The van der Waals surface area contributed by atoms with Crippen LogP contribution < -0.4 is 4.90 Å². The van der Waals surface area contributed by atoms with E-state index in [0.717, 1.165) is 27.5 Å². The molecule has 0 atom stereocenters. The van der Waals surface area contributed by atoms with Crippen molar-refractivity contribution in [3.05, 3.63) is 58.7 Å². The van der Waals surface area contributed by atoms with Gasteiger partial charge in [-0.05, 0) is 70.3 Å². The Bertz CT molecular complexity index is 913. The SMILES string of the molecule is Cc1cccc(C(=O)N(CCN(C)C)c2nc3cc(C)c(C)cc3s2)c1.Cl. The second-order valence-corrected chi connectivity index (χ2v) is 8.04. The van der Waals surface area contributed by atoms with Gasteiger partial charge in [0.15, 0.2) is 5.13 Å². The van der Waals surface area contributed by atoms with E-state index in [9.17, 15) is 4.79 Å². The Labute approximate surface area is 171 Å². The van der Waals surface area contributed by atoms with Crippen molar-refractivity contribution in [3.8, 4) is 0 Å². The van der Waals surface area contributed by atoms with Gasteiger partial charge in [0.2, 0.25) is 0 Å². The standard InChI is InChI=1S/C21H25N3OS.ClH/c1-14-7-6-8-17(11-14)20(25)24(10-9-23(4)5)21-22-18-12-15(2)16(3)13-19(18)26-21;/h6-8,11-13H,9-10H2,1-5H3;1H. The van der Waals surface area contributed by atoms with Gasteiger partial charge >= 0.3 is 0 Å². The van der Waals surface area contributed by atoms with E-state index < -0.39 is 0 Å². The van der Waals surface area contributed by atoms with Gasteiger partial charge in [-0.1, -0.05) is 29.0 Å². The number of hydrogen-bond donors (Lipinski definition) is 0. The van der Waals surface area contributed by atoms with Crippen molar-refractivity contribution in [1.82, 2.24) is 9.88 Å². The van der Waals surface area contributed by atoms with Gasteiger partial charge in [0.1, 0.15) is 0 Å². The first-order chi connectivity index (χ1) is 12.3. The number of hydrogen-bond acceptors (Lipinski definition) is 4. The Morgan fingerprint density at radius 1 is 1.04 bits per heavy atom. The molecular weight excluding hydrogens is 378 g/mol. The van der Waals surface area contributed by atoms with E-state index in [1.54, 1.807) is 11.3 Å². The predicted octanol–water partition coefficient (Wildman–Crippen LogP) is 4.85. The maximum Gasteiger partial charge on any atom is 0.260 e. The van der Waals surface area contributed by atoms with Crippen LogP contribution in [0.1, 0.15) is 27.0 Å². The third-order valence-electron chi connectivity index (χ3n) is 4.50. The number of anilines is 1. The monoisotopic (exact) mass is 403 g/mol. The van der Waals surface area contributed by atoms with Crippen LogP contribution >= 0.6 is 23.7 Å². The number of aryl methyl sites for hydroxylation is 3. The molecule has 144 valence electrons. The molecule has 0 aliphatic heterocycles. The van der Waals surface area contributed by atoms with Gasteiger partial charge in [-0.25, -0.2) is 4.98 Å². The van der Waals surface area contributed by atoms with Gasteiger partial charge in [0.05, 0.1) is 10.2 Å². The van der Waals surface area contributed by atoms with Crippen molar-refractivity contribution in [2.75, 3.05) is 32.1 Å². The van der Waals surface area contributed by atoms with Gasteiger partial charge < -0.3 is 4.90 Å². The number of likely N-dealkylation sites (N-methyl/N-ethyl adjacent to an activating group) is 1. The third-order valence-corrected chi connectivity index (χ3v) is 5.55. The molecule has 0 spiro atoms. The number of halogens is 1. The molecule has 0 radical (unpaired) electrons. The maximum absolute atomic E-state index is 13.2. The summed E-state index contributed by atoms with van der Waals surface area (Å²) in [6, 6.07) is 12.0. The lowest BCUT2D eigenvalue weighted by molar-refractivity contribution is 0.0985. The van der Waals surface area contributed by atoms with Crippen molar-refractivity contribution < 1.29 is 4.79 Å². The number of fused-ring (bicyclic) bond motifs is 1. The predicted molar refractivity (Wildman–Crippen MR) is 118 cm³/mol. The van der Waals surface area contributed by atoms with Crippen LogP contribution in [0.2, 0.25) is 0 Å². The number of rotatable bonds is 5. The summed E-state index contributed by atoms with van der Waals surface area (Å²) < 4.78 is 1.12.